The largest absolute Gasteiger partial charge is 0.416 e. The van der Waals surface area contributed by atoms with Crippen LogP contribution in [-0.4, -0.2) is 21.2 Å². The number of alkyl halides is 3. The lowest BCUT2D eigenvalue weighted by Crippen LogP contribution is -2.47. The summed E-state index contributed by atoms with van der Waals surface area (Å²) >= 11 is 6.38. The molecule has 0 fully saturated rings. The second kappa shape index (κ2) is 12.0. The van der Waals surface area contributed by atoms with Crippen LogP contribution in [0.25, 0.3) is 11.1 Å². The van der Waals surface area contributed by atoms with Crippen molar-refractivity contribution in [3.05, 3.63) is 127 Å². The fraction of sp³-hybridized carbons (Fsp3) is 0.267. The molecule has 216 valence electrons. The summed E-state index contributed by atoms with van der Waals surface area (Å²) in [7, 11) is 0. The number of benzene rings is 3. The minimum atomic E-state index is -4.86. The summed E-state index contributed by atoms with van der Waals surface area (Å²) in [4.78, 5) is 27.5. The van der Waals surface area contributed by atoms with Crippen LogP contribution in [0.15, 0.2) is 88.6 Å². The first kappa shape index (κ1) is 30.2. The third-order valence-corrected chi connectivity index (χ3v) is 6.85. The van der Waals surface area contributed by atoms with Gasteiger partial charge in [0.2, 0.25) is 0 Å². The molecule has 6 nitrogen and oxygen atoms in total. The first-order valence-corrected chi connectivity index (χ1v) is 13.1. The topological polar surface area (TPSA) is 82.0 Å². The number of rotatable bonds is 9. The number of hydrogen-bond donors (Lipinski definition) is 2. The van der Waals surface area contributed by atoms with E-state index in [4.69, 9.17) is 17.3 Å². The third kappa shape index (κ3) is 7.13. The van der Waals surface area contributed by atoms with E-state index in [1.807, 2.05) is 32.0 Å². The van der Waals surface area contributed by atoms with Crippen LogP contribution in [0.5, 0.6) is 0 Å². The molecule has 4 rings (SSSR count). The molecule has 1 heterocycles. The van der Waals surface area contributed by atoms with Crippen LogP contribution in [0.1, 0.15) is 36.6 Å². The lowest BCUT2D eigenvalue weighted by atomic mass is 10.0. The van der Waals surface area contributed by atoms with Crippen molar-refractivity contribution >= 4 is 11.6 Å². The molecule has 0 aliphatic carbocycles. The summed E-state index contributed by atoms with van der Waals surface area (Å²) in [5.74, 6) is -1.13. The van der Waals surface area contributed by atoms with E-state index in [2.05, 4.69) is 5.32 Å². The Morgan fingerprint density at radius 2 is 1.59 bits per heavy atom. The predicted molar refractivity (Wildman–Crippen MR) is 151 cm³/mol. The second-order valence-corrected chi connectivity index (χ2v) is 10.9. The summed E-state index contributed by atoms with van der Waals surface area (Å²) in [6, 6.07) is 17.5. The van der Waals surface area contributed by atoms with Crippen molar-refractivity contribution in [1.82, 2.24) is 14.5 Å². The Balaban J connectivity index is 1.92. The highest BCUT2D eigenvalue weighted by Gasteiger charge is 2.35. The van der Waals surface area contributed by atoms with Gasteiger partial charge in [0, 0.05) is 34.4 Å². The average molecular weight is 589 g/mol. The van der Waals surface area contributed by atoms with Crippen LogP contribution < -0.4 is 22.3 Å². The normalized spacial score (nSPS) is 12.9. The van der Waals surface area contributed by atoms with Crippen LogP contribution >= 0.6 is 11.6 Å². The minimum absolute atomic E-state index is 0.0222. The molecule has 4 aromatic rings. The highest BCUT2D eigenvalue weighted by molar-refractivity contribution is 6.33. The van der Waals surface area contributed by atoms with Crippen LogP contribution in [0.2, 0.25) is 5.02 Å². The Morgan fingerprint density at radius 3 is 2.22 bits per heavy atom. The Kier molecular flexibility index (Phi) is 8.86. The number of aromatic nitrogens is 2. The second-order valence-electron chi connectivity index (χ2n) is 10.4. The lowest BCUT2D eigenvalue weighted by Gasteiger charge is -2.26. The fourth-order valence-electron chi connectivity index (χ4n) is 4.49. The van der Waals surface area contributed by atoms with Gasteiger partial charge in [0.25, 0.3) is 5.56 Å². The standard InChI is InChI=1S/C30H29ClF4N4O2/c1-29(2,36)18-37-26(19-9-4-3-5-10-19)17-39-27(40)21(20-11-6-7-13-24(20)31)15-38(28(39)41)16-22-23(30(33,34)35)12-8-14-25(22)32/h3-15,26,37H,16-18,36H2,1-2H3. The first-order chi connectivity index (χ1) is 19.3. The minimum Gasteiger partial charge on any atom is -0.324 e. The fourth-order valence-corrected chi connectivity index (χ4v) is 4.73. The van der Waals surface area contributed by atoms with Gasteiger partial charge in [-0.15, -0.1) is 0 Å². The van der Waals surface area contributed by atoms with Crippen LogP contribution in [-0.2, 0) is 19.3 Å². The van der Waals surface area contributed by atoms with Crippen molar-refractivity contribution in [2.45, 2.75) is 44.7 Å². The maximum atomic E-state index is 14.8. The van der Waals surface area contributed by atoms with Crippen LogP contribution in [0, 0.1) is 5.82 Å². The maximum absolute atomic E-state index is 14.8. The van der Waals surface area contributed by atoms with E-state index in [1.165, 1.54) is 0 Å². The van der Waals surface area contributed by atoms with Crippen LogP contribution in [0.4, 0.5) is 17.6 Å². The number of nitrogens with one attached hydrogen (secondary N) is 1. The Hall–Kier alpha value is -3.73. The molecular weight excluding hydrogens is 560 g/mol. The molecule has 0 radical (unpaired) electrons. The molecule has 0 bridgehead atoms. The van der Waals surface area contributed by atoms with Gasteiger partial charge in [-0.05, 0) is 37.6 Å². The molecule has 11 heteroatoms. The zero-order chi connectivity index (χ0) is 29.9. The predicted octanol–water partition coefficient (Wildman–Crippen LogP) is 5.60. The van der Waals surface area contributed by atoms with Gasteiger partial charge >= 0.3 is 11.9 Å². The molecule has 41 heavy (non-hydrogen) atoms. The molecule has 0 saturated heterocycles. The van der Waals surface area contributed by atoms with Gasteiger partial charge in [-0.2, -0.15) is 13.2 Å². The van der Waals surface area contributed by atoms with Crippen molar-refractivity contribution in [3.63, 3.8) is 0 Å². The molecule has 1 unspecified atom stereocenters. The summed E-state index contributed by atoms with van der Waals surface area (Å²) in [6.07, 6.45) is -3.73. The van der Waals surface area contributed by atoms with Gasteiger partial charge in [0.15, 0.2) is 0 Å². The lowest BCUT2D eigenvalue weighted by molar-refractivity contribution is -0.138. The van der Waals surface area contributed by atoms with E-state index in [0.717, 1.165) is 39.1 Å². The highest BCUT2D eigenvalue weighted by Crippen LogP contribution is 2.33. The van der Waals surface area contributed by atoms with E-state index < -0.39 is 52.5 Å². The number of hydrogen-bond acceptors (Lipinski definition) is 4. The van der Waals surface area contributed by atoms with Gasteiger partial charge < -0.3 is 11.1 Å². The molecule has 0 spiro atoms. The quantitative estimate of drug-likeness (QED) is 0.249. The molecule has 3 N–H and O–H groups in total. The van der Waals surface area contributed by atoms with E-state index in [9.17, 15) is 27.2 Å². The van der Waals surface area contributed by atoms with Gasteiger partial charge in [0.05, 0.1) is 30.3 Å². The molecule has 1 atom stereocenters. The zero-order valence-electron chi connectivity index (χ0n) is 22.4. The summed E-state index contributed by atoms with van der Waals surface area (Å²) < 4.78 is 57.9. The van der Waals surface area contributed by atoms with E-state index >= 15 is 0 Å². The molecule has 0 saturated carbocycles. The Labute approximate surface area is 239 Å². The maximum Gasteiger partial charge on any atom is 0.416 e. The molecule has 1 aromatic heterocycles. The first-order valence-electron chi connectivity index (χ1n) is 12.8. The van der Waals surface area contributed by atoms with Crippen molar-refractivity contribution in [2.24, 2.45) is 5.73 Å². The zero-order valence-corrected chi connectivity index (χ0v) is 23.1. The molecule has 0 aliphatic rings. The third-order valence-electron chi connectivity index (χ3n) is 6.53. The number of nitrogens with two attached hydrogens (primary N) is 1. The highest BCUT2D eigenvalue weighted by atomic mass is 35.5. The van der Waals surface area contributed by atoms with E-state index in [1.54, 1.807) is 36.4 Å². The van der Waals surface area contributed by atoms with Crippen molar-refractivity contribution in [2.75, 3.05) is 6.54 Å². The molecule has 3 aromatic carbocycles. The smallest absolute Gasteiger partial charge is 0.324 e. The van der Waals surface area contributed by atoms with Crippen LogP contribution in [0.3, 0.4) is 0 Å². The monoisotopic (exact) mass is 588 g/mol. The van der Waals surface area contributed by atoms with Crippen molar-refractivity contribution in [3.8, 4) is 11.1 Å². The van der Waals surface area contributed by atoms with Gasteiger partial charge in [-0.3, -0.25) is 13.9 Å². The summed E-state index contributed by atoms with van der Waals surface area (Å²) in [5, 5.41) is 3.49. The molecule has 0 aliphatic heterocycles. The van der Waals surface area contributed by atoms with Gasteiger partial charge in [-0.1, -0.05) is 66.2 Å². The van der Waals surface area contributed by atoms with E-state index in [0.29, 0.717) is 6.54 Å². The van der Waals surface area contributed by atoms with Gasteiger partial charge in [0.1, 0.15) is 5.82 Å². The van der Waals surface area contributed by atoms with Crippen molar-refractivity contribution < 1.29 is 17.6 Å². The number of nitrogens with zero attached hydrogens (tertiary/aromatic N) is 2. The number of halogens is 5. The average Bonchev–Trinajstić information content (AvgIpc) is 2.90. The Bertz CT molecular complexity index is 1640. The summed E-state index contributed by atoms with van der Waals surface area (Å²) in [5.41, 5.74) is 3.01. The summed E-state index contributed by atoms with van der Waals surface area (Å²) in [6.45, 7) is 3.00. The Morgan fingerprint density at radius 1 is 0.927 bits per heavy atom. The van der Waals surface area contributed by atoms with E-state index in [-0.39, 0.29) is 22.7 Å². The molecular formula is C30H29ClF4N4O2. The van der Waals surface area contributed by atoms with Crippen molar-refractivity contribution in [1.29, 1.82) is 0 Å². The SMILES string of the molecule is CC(C)(N)CNC(Cn1c(=O)c(-c2ccccc2Cl)cn(Cc2c(F)cccc2C(F)(F)F)c1=O)c1ccccc1. The molecule has 0 amide bonds. The van der Waals surface area contributed by atoms with Gasteiger partial charge in [-0.25, -0.2) is 9.18 Å².